The van der Waals surface area contributed by atoms with Gasteiger partial charge in [0.15, 0.2) is 0 Å². The van der Waals surface area contributed by atoms with Crippen LogP contribution in [0.5, 0.6) is 0 Å². The van der Waals surface area contributed by atoms with Gasteiger partial charge in [0.25, 0.3) is 0 Å². The minimum atomic E-state index is 0.592. The molecule has 0 saturated heterocycles. The molecule has 4 N–H and O–H groups in total. The zero-order valence-corrected chi connectivity index (χ0v) is 5.52. The molecule has 0 aromatic rings. The summed E-state index contributed by atoms with van der Waals surface area (Å²) in [6.45, 7) is 2.62. The first kappa shape index (κ1) is 6.13. The van der Waals surface area contributed by atoms with E-state index in [1.165, 1.54) is 0 Å². The highest BCUT2D eigenvalue weighted by Gasteiger charge is 2.10. The Hall–Kier alpha value is -0.990. The highest BCUT2D eigenvalue weighted by molar-refractivity contribution is 5.99. The van der Waals surface area contributed by atoms with Gasteiger partial charge in [0.05, 0.1) is 6.54 Å². The fourth-order valence-corrected chi connectivity index (χ4v) is 0.934. The lowest BCUT2D eigenvalue weighted by atomic mass is 10.2. The summed E-state index contributed by atoms with van der Waals surface area (Å²) in [7, 11) is 0. The molecule has 1 aliphatic heterocycles. The maximum atomic E-state index is 5.56. The van der Waals surface area contributed by atoms with Gasteiger partial charge < -0.3 is 11.5 Å². The van der Waals surface area contributed by atoms with Gasteiger partial charge in [-0.15, -0.1) is 0 Å². The summed E-state index contributed by atoms with van der Waals surface area (Å²) >= 11 is 0. The molecular weight excluding hydrogens is 114 g/mol. The molecule has 0 radical (unpaired) electrons. The van der Waals surface area contributed by atoms with Crippen LogP contribution in [-0.2, 0) is 0 Å². The maximum absolute atomic E-state index is 5.56. The number of hydrogen-bond acceptors (Lipinski definition) is 3. The normalized spacial score (nSPS) is 18.6. The summed E-state index contributed by atoms with van der Waals surface area (Å²) in [6, 6.07) is 0. The van der Waals surface area contributed by atoms with E-state index in [9.17, 15) is 0 Å². The molecule has 50 valence electrons. The van der Waals surface area contributed by atoms with E-state index >= 15 is 0 Å². The number of nitrogens with zero attached hydrogens (tertiary/aromatic N) is 1. The molecule has 1 rings (SSSR count). The Morgan fingerprint density at radius 2 is 2.22 bits per heavy atom. The predicted octanol–water partition coefficient (Wildman–Crippen LogP) is -0.0200. The van der Waals surface area contributed by atoms with Crippen LogP contribution in [0.15, 0.2) is 16.3 Å². The average molecular weight is 125 g/mol. The largest absolute Gasteiger partial charge is 0.400 e. The summed E-state index contributed by atoms with van der Waals surface area (Å²) in [4.78, 5) is 3.96. The van der Waals surface area contributed by atoms with Gasteiger partial charge in [0.2, 0.25) is 0 Å². The second kappa shape index (κ2) is 2.09. The number of nitrogens with two attached hydrogens (primary N) is 2. The zero-order chi connectivity index (χ0) is 6.85. The minimum absolute atomic E-state index is 0.592. The lowest BCUT2D eigenvalue weighted by Gasteiger charge is -1.96. The van der Waals surface area contributed by atoms with Gasteiger partial charge in [-0.3, -0.25) is 4.99 Å². The molecule has 0 bridgehead atoms. The van der Waals surface area contributed by atoms with E-state index in [-0.39, 0.29) is 0 Å². The highest BCUT2D eigenvalue weighted by Crippen LogP contribution is 2.10. The van der Waals surface area contributed by atoms with Gasteiger partial charge in [0, 0.05) is 11.3 Å². The summed E-state index contributed by atoms with van der Waals surface area (Å²) in [6.07, 6.45) is 0.890. The van der Waals surface area contributed by atoms with Crippen LogP contribution in [0.1, 0.15) is 13.3 Å². The third kappa shape index (κ3) is 0.896. The van der Waals surface area contributed by atoms with Crippen molar-refractivity contribution in [2.45, 2.75) is 13.3 Å². The van der Waals surface area contributed by atoms with Gasteiger partial charge in [-0.05, 0) is 6.42 Å². The molecule has 0 amide bonds. The smallest absolute Gasteiger partial charge is 0.123 e. The Bertz CT molecular complexity index is 179. The molecular formula is C6H11N3. The van der Waals surface area contributed by atoms with Crippen molar-refractivity contribution in [1.82, 2.24) is 0 Å². The summed E-state index contributed by atoms with van der Waals surface area (Å²) in [5, 5.41) is 0. The lowest BCUT2D eigenvalue weighted by molar-refractivity contribution is 1.09. The monoisotopic (exact) mass is 125 g/mol. The van der Waals surface area contributed by atoms with Crippen molar-refractivity contribution in [3.05, 3.63) is 11.3 Å². The number of hydrogen-bond donors (Lipinski definition) is 2. The van der Waals surface area contributed by atoms with Gasteiger partial charge in [-0.2, -0.15) is 0 Å². The topological polar surface area (TPSA) is 64.4 Å². The molecule has 0 unspecified atom stereocenters. The SMILES string of the molecule is CCC1=C(N)CN=C1N. The van der Waals surface area contributed by atoms with Crippen molar-refractivity contribution in [3.8, 4) is 0 Å². The first-order chi connectivity index (χ1) is 4.25. The maximum Gasteiger partial charge on any atom is 0.123 e. The van der Waals surface area contributed by atoms with E-state index < -0.39 is 0 Å². The van der Waals surface area contributed by atoms with Gasteiger partial charge in [-0.1, -0.05) is 6.92 Å². The van der Waals surface area contributed by atoms with Crippen LogP contribution < -0.4 is 11.5 Å². The Morgan fingerprint density at radius 3 is 2.44 bits per heavy atom. The lowest BCUT2D eigenvalue weighted by Crippen LogP contribution is -2.13. The summed E-state index contributed by atoms with van der Waals surface area (Å²) in [5.74, 6) is 0.620. The van der Waals surface area contributed by atoms with Crippen molar-refractivity contribution in [3.63, 3.8) is 0 Å². The third-order valence-electron chi connectivity index (χ3n) is 1.47. The van der Waals surface area contributed by atoms with Crippen LogP contribution in [0.2, 0.25) is 0 Å². The van der Waals surface area contributed by atoms with Gasteiger partial charge in [-0.25, -0.2) is 0 Å². The van der Waals surface area contributed by atoms with Crippen molar-refractivity contribution >= 4 is 5.84 Å². The van der Waals surface area contributed by atoms with E-state index in [0.29, 0.717) is 12.4 Å². The molecule has 0 saturated carbocycles. The molecule has 0 aromatic heterocycles. The number of aliphatic imine (C=N–C) groups is 1. The Balaban J connectivity index is 2.83. The van der Waals surface area contributed by atoms with Gasteiger partial charge in [0.1, 0.15) is 5.84 Å². The number of rotatable bonds is 1. The first-order valence-corrected chi connectivity index (χ1v) is 3.03. The summed E-state index contributed by atoms with van der Waals surface area (Å²) in [5.41, 5.74) is 12.9. The molecule has 1 aliphatic rings. The Kier molecular flexibility index (Phi) is 1.42. The van der Waals surface area contributed by atoms with Crippen molar-refractivity contribution in [2.24, 2.45) is 16.5 Å². The molecule has 3 heteroatoms. The predicted molar refractivity (Wildman–Crippen MR) is 38.0 cm³/mol. The molecule has 0 aromatic carbocycles. The van der Waals surface area contributed by atoms with Crippen LogP contribution in [0.25, 0.3) is 0 Å². The molecule has 9 heavy (non-hydrogen) atoms. The highest BCUT2D eigenvalue weighted by atomic mass is 14.9. The van der Waals surface area contributed by atoms with E-state index in [0.717, 1.165) is 17.7 Å². The van der Waals surface area contributed by atoms with E-state index in [1.54, 1.807) is 0 Å². The Labute approximate surface area is 54.4 Å². The number of amidine groups is 1. The fraction of sp³-hybridized carbons (Fsp3) is 0.500. The van der Waals surface area contributed by atoms with Gasteiger partial charge >= 0.3 is 0 Å². The standard InChI is InChI=1S/C6H11N3/c1-2-4-5(7)3-9-6(4)8/h2-3,7H2,1H3,(H2,8,9). The van der Waals surface area contributed by atoms with Crippen molar-refractivity contribution in [2.75, 3.05) is 6.54 Å². The molecule has 1 heterocycles. The van der Waals surface area contributed by atoms with E-state index in [1.807, 2.05) is 6.92 Å². The molecule has 0 aliphatic carbocycles. The third-order valence-corrected chi connectivity index (χ3v) is 1.47. The van der Waals surface area contributed by atoms with Crippen LogP contribution >= 0.6 is 0 Å². The molecule has 0 fully saturated rings. The second-order valence-electron chi connectivity index (χ2n) is 2.06. The molecule has 0 spiro atoms. The van der Waals surface area contributed by atoms with Crippen molar-refractivity contribution < 1.29 is 0 Å². The molecule has 0 atom stereocenters. The summed E-state index contributed by atoms with van der Waals surface area (Å²) < 4.78 is 0. The van der Waals surface area contributed by atoms with Crippen molar-refractivity contribution in [1.29, 1.82) is 0 Å². The minimum Gasteiger partial charge on any atom is -0.400 e. The zero-order valence-electron chi connectivity index (χ0n) is 5.52. The quantitative estimate of drug-likeness (QED) is 0.517. The van der Waals surface area contributed by atoms with Crippen LogP contribution in [0, 0.1) is 0 Å². The van der Waals surface area contributed by atoms with Crippen LogP contribution in [0.4, 0.5) is 0 Å². The van der Waals surface area contributed by atoms with Crippen LogP contribution in [-0.4, -0.2) is 12.4 Å². The first-order valence-electron chi connectivity index (χ1n) is 3.03. The Morgan fingerprint density at radius 1 is 1.56 bits per heavy atom. The van der Waals surface area contributed by atoms with E-state index in [2.05, 4.69) is 4.99 Å². The second-order valence-corrected chi connectivity index (χ2v) is 2.06. The van der Waals surface area contributed by atoms with E-state index in [4.69, 9.17) is 11.5 Å². The molecule has 3 nitrogen and oxygen atoms in total. The van der Waals surface area contributed by atoms with Crippen LogP contribution in [0.3, 0.4) is 0 Å². The fourth-order valence-electron chi connectivity index (χ4n) is 0.934. The average Bonchev–Trinajstić information content (AvgIpc) is 2.12.